The average molecular weight is 361 g/mol. The van der Waals surface area contributed by atoms with Crippen molar-refractivity contribution in [3.8, 4) is 0 Å². The highest BCUT2D eigenvalue weighted by atomic mass is 15.1. The van der Waals surface area contributed by atoms with Crippen molar-refractivity contribution >= 4 is 23.0 Å². The van der Waals surface area contributed by atoms with E-state index in [0.29, 0.717) is 0 Å². The fourth-order valence-electron chi connectivity index (χ4n) is 3.01. The van der Waals surface area contributed by atoms with Gasteiger partial charge in [-0.3, -0.25) is 0 Å². The highest BCUT2D eigenvalue weighted by Gasteiger charge is 2.04. The zero-order chi connectivity index (χ0) is 19.1. The van der Waals surface area contributed by atoms with E-state index in [1.165, 1.54) is 16.8 Å². The minimum Gasteiger partial charge on any atom is -0.372 e. The molecule has 0 radical (unpaired) electrons. The van der Waals surface area contributed by atoms with Crippen molar-refractivity contribution in [2.75, 3.05) is 28.6 Å². The van der Waals surface area contributed by atoms with Crippen LogP contribution in [0.25, 0.3) is 0 Å². The summed E-state index contributed by atoms with van der Waals surface area (Å²) < 4.78 is 0. The number of hydrogen-bond donors (Lipinski definition) is 2. The molecule has 2 aromatic carbocycles. The third-order valence-corrected chi connectivity index (χ3v) is 4.66. The van der Waals surface area contributed by atoms with Crippen molar-refractivity contribution in [2.24, 2.45) is 0 Å². The molecular formula is C22H27N5. The maximum atomic E-state index is 4.32. The van der Waals surface area contributed by atoms with Gasteiger partial charge in [-0.15, -0.1) is 0 Å². The fourth-order valence-corrected chi connectivity index (χ4v) is 3.01. The average Bonchev–Trinajstić information content (AvgIpc) is 2.70. The molecule has 3 rings (SSSR count). The molecule has 0 amide bonds. The number of aryl methyl sites for hydroxylation is 1. The second-order valence-corrected chi connectivity index (χ2v) is 6.41. The fraction of sp³-hybridized carbons (Fsp3) is 0.273. The second kappa shape index (κ2) is 9.03. The SMILES string of the molecule is CCN(CC)c1ccc(Nc2cc(NCc3ccccc3C)ncn2)cc1. The van der Waals surface area contributed by atoms with Crippen LogP contribution in [0.2, 0.25) is 0 Å². The van der Waals surface area contributed by atoms with E-state index in [4.69, 9.17) is 0 Å². The van der Waals surface area contributed by atoms with E-state index >= 15 is 0 Å². The third kappa shape index (κ3) is 4.97. The van der Waals surface area contributed by atoms with Gasteiger partial charge in [-0.05, 0) is 56.2 Å². The highest BCUT2D eigenvalue weighted by Crippen LogP contribution is 2.21. The van der Waals surface area contributed by atoms with Gasteiger partial charge in [0.25, 0.3) is 0 Å². The number of rotatable bonds is 8. The smallest absolute Gasteiger partial charge is 0.135 e. The van der Waals surface area contributed by atoms with Crippen LogP contribution in [0.1, 0.15) is 25.0 Å². The summed E-state index contributed by atoms with van der Waals surface area (Å²) in [6.07, 6.45) is 1.58. The van der Waals surface area contributed by atoms with Gasteiger partial charge in [0, 0.05) is 37.1 Å². The van der Waals surface area contributed by atoms with E-state index in [1.807, 2.05) is 6.07 Å². The van der Waals surface area contributed by atoms with E-state index in [2.05, 4.69) is 94.8 Å². The van der Waals surface area contributed by atoms with Crippen LogP contribution in [-0.2, 0) is 6.54 Å². The lowest BCUT2D eigenvalue weighted by Gasteiger charge is -2.21. The van der Waals surface area contributed by atoms with Crippen molar-refractivity contribution in [3.63, 3.8) is 0 Å². The van der Waals surface area contributed by atoms with Gasteiger partial charge in [0.1, 0.15) is 18.0 Å². The van der Waals surface area contributed by atoms with E-state index in [0.717, 1.165) is 37.0 Å². The molecule has 0 aliphatic rings. The first-order valence-corrected chi connectivity index (χ1v) is 9.42. The lowest BCUT2D eigenvalue weighted by atomic mass is 10.1. The van der Waals surface area contributed by atoms with Gasteiger partial charge in [0.15, 0.2) is 0 Å². The minimum atomic E-state index is 0.738. The standard InChI is InChI=1S/C22H27N5/c1-4-27(5-2)20-12-10-19(11-13-20)26-22-14-21(24-16-25-22)23-15-18-9-7-6-8-17(18)3/h6-14,16H,4-5,15H2,1-3H3,(H2,23,24,25,26). The Kier molecular flexibility index (Phi) is 6.26. The van der Waals surface area contributed by atoms with Crippen molar-refractivity contribution in [3.05, 3.63) is 72.1 Å². The molecule has 5 nitrogen and oxygen atoms in total. The first-order valence-electron chi connectivity index (χ1n) is 9.42. The number of anilines is 4. The van der Waals surface area contributed by atoms with Crippen LogP contribution in [0.3, 0.4) is 0 Å². The summed E-state index contributed by atoms with van der Waals surface area (Å²) in [6.45, 7) is 9.20. The topological polar surface area (TPSA) is 53.1 Å². The third-order valence-electron chi connectivity index (χ3n) is 4.66. The number of benzene rings is 2. The Morgan fingerprint density at radius 3 is 2.30 bits per heavy atom. The van der Waals surface area contributed by atoms with Gasteiger partial charge < -0.3 is 15.5 Å². The Bertz CT molecular complexity index is 857. The molecule has 0 atom stereocenters. The number of hydrogen-bond acceptors (Lipinski definition) is 5. The van der Waals surface area contributed by atoms with E-state index < -0.39 is 0 Å². The number of nitrogens with zero attached hydrogens (tertiary/aromatic N) is 3. The Balaban J connectivity index is 1.64. The van der Waals surface area contributed by atoms with Gasteiger partial charge >= 0.3 is 0 Å². The molecule has 0 aliphatic carbocycles. The Hall–Kier alpha value is -3.08. The molecule has 5 heteroatoms. The van der Waals surface area contributed by atoms with Crippen LogP contribution in [-0.4, -0.2) is 23.1 Å². The number of nitrogens with one attached hydrogen (secondary N) is 2. The summed E-state index contributed by atoms with van der Waals surface area (Å²) in [5.41, 5.74) is 4.77. The van der Waals surface area contributed by atoms with Crippen LogP contribution < -0.4 is 15.5 Å². The van der Waals surface area contributed by atoms with Crippen LogP contribution in [0.15, 0.2) is 60.9 Å². The molecule has 0 fully saturated rings. The van der Waals surface area contributed by atoms with Crippen molar-refractivity contribution in [2.45, 2.75) is 27.3 Å². The quantitative estimate of drug-likeness (QED) is 0.592. The molecule has 0 unspecified atom stereocenters. The van der Waals surface area contributed by atoms with Crippen LogP contribution in [0, 0.1) is 6.92 Å². The first kappa shape index (κ1) is 18.7. The predicted molar refractivity (Wildman–Crippen MR) is 114 cm³/mol. The lowest BCUT2D eigenvalue weighted by Crippen LogP contribution is -2.21. The summed E-state index contributed by atoms with van der Waals surface area (Å²) >= 11 is 0. The monoisotopic (exact) mass is 361 g/mol. The van der Waals surface area contributed by atoms with E-state index in [-0.39, 0.29) is 0 Å². The van der Waals surface area contributed by atoms with Gasteiger partial charge in [-0.2, -0.15) is 0 Å². The zero-order valence-corrected chi connectivity index (χ0v) is 16.2. The second-order valence-electron chi connectivity index (χ2n) is 6.41. The predicted octanol–water partition coefficient (Wildman–Crippen LogP) is 4.99. The largest absolute Gasteiger partial charge is 0.372 e. The first-order chi connectivity index (χ1) is 13.2. The van der Waals surface area contributed by atoms with Crippen LogP contribution >= 0.6 is 0 Å². The number of aromatic nitrogens is 2. The van der Waals surface area contributed by atoms with E-state index in [1.54, 1.807) is 6.33 Å². The molecule has 1 heterocycles. The highest BCUT2D eigenvalue weighted by molar-refractivity contribution is 5.62. The van der Waals surface area contributed by atoms with Crippen LogP contribution in [0.4, 0.5) is 23.0 Å². The van der Waals surface area contributed by atoms with Gasteiger partial charge in [-0.25, -0.2) is 9.97 Å². The molecule has 0 saturated heterocycles. The Morgan fingerprint density at radius 2 is 1.59 bits per heavy atom. The van der Waals surface area contributed by atoms with Crippen molar-refractivity contribution in [1.29, 1.82) is 0 Å². The van der Waals surface area contributed by atoms with Crippen molar-refractivity contribution < 1.29 is 0 Å². The summed E-state index contributed by atoms with van der Waals surface area (Å²) in [7, 11) is 0. The molecule has 0 saturated carbocycles. The molecule has 0 spiro atoms. The normalized spacial score (nSPS) is 10.5. The molecule has 27 heavy (non-hydrogen) atoms. The van der Waals surface area contributed by atoms with Gasteiger partial charge in [-0.1, -0.05) is 24.3 Å². The Labute approximate surface area is 161 Å². The lowest BCUT2D eigenvalue weighted by molar-refractivity contribution is 0.866. The summed E-state index contributed by atoms with van der Waals surface area (Å²) in [5, 5.41) is 6.72. The van der Waals surface area contributed by atoms with Gasteiger partial charge in [0.05, 0.1) is 0 Å². The molecule has 3 aromatic rings. The maximum Gasteiger partial charge on any atom is 0.135 e. The van der Waals surface area contributed by atoms with Crippen LogP contribution in [0.5, 0.6) is 0 Å². The molecular weight excluding hydrogens is 334 g/mol. The minimum absolute atomic E-state index is 0.738. The van der Waals surface area contributed by atoms with Gasteiger partial charge in [0.2, 0.25) is 0 Å². The summed E-state index contributed by atoms with van der Waals surface area (Å²) in [4.78, 5) is 11.0. The zero-order valence-electron chi connectivity index (χ0n) is 16.2. The molecule has 0 aliphatic heterocycles. The molecule has 1 aromatic heterocycles. The molecule has 140 valence electrons. The Morgan fingerprint density at radius 1 is 0.889 bits per heavy atom. The van der Waals surface area contributed by atoms with Crippen molar-refractivity contribution in [1.82, 2.24) is 9.97 Å². The molecule has 2 N–H and O–H groups in total. The molecule has 0 bridgehead atoms. The summed E-state index contributed by atoms with van der Waals surface area (Å²) in [5.74, 6) is 1.57. The van der Waals surface area contributed by atoms with E-state index in [9.17, 15) is 0 Å². The maximum absolute atomic E-state index is 4.32. The summed E-state index contributed by atoms with van der Waals surface area (Å²) in [6, 6.07) is 18.7.